The molecule has 1 rings (SSSR count). The molecule has 1 aliphatic rings. The van der Waals surface area contributed by atoms with Gasteiger partial charge in [0.2, 0.25) is 0 Å². The Morgan fingerprint density at radius 3 is 1.88 bits per heavy atom. The van der Waals surface area contributed by atoms with Gasteiger partial charge in [0.05, 0.1) is 0 Å². The molecule has 1 aliphatic heterocycles. The monoisotopic (exact) mass is 178 g/mol. The van der Waals surface area contributed by atoms with E-state index in [2.05, 4.69) is 22.5 Å². The fourth-order valence-electron chi connectivity index (χ4n) is 0.144. The Morgan fingerprint density at radius 1 is 1.62 bits per heavy atom. The predicted molar refractivity (Wildman–Crippen MR) is 39.4 cm³/mol. The van der Waals surface area contributed by atoms with E-state index in [-0.39, 0.29) is 0 Å². The van der Waals surface area contributed by atoms with E-state index in [1.807, 2.05) is 0 Å². The molecule has 0 spiro atoms. The maximum atomic E-state index is 4.72. The van der Waals surface area contributed by atoms with E-state index in [4.69, 9.17) is 4.74 Å². The molecule has 1 nitrogen and oxygen atoms in total. The van der Waals surface area contributed by atoms with Crippen molar-refractivity contribution in [3.63, 3.8) is 0 Å². The molecule has 0 bridgehead atoms. The van der Waals surface area contributed by atoms with E-state index in [9.17, 15) is 0 Å². The fourth-order valence-corrected chi connectivity index (χ4v) is 0.144. The first-order chi connectivity index (χ1) is 3.91. The zero-order chi connectivity index (χ0) is 6.24. The van der Waals surface area contributed by atoms with Gasteiger partial charge < -0.3 is 4.74 Å². The van der Waals surface area contributed by atoms with Gasteiger partial charge in [-0.3, -0.25) is 0 Å². The number of alkyl halides is 1. The molecular weight excluding hydrogens is 168 g/mol. The van der Waals surface area contributed by atoms with Gasteiger partial charge in [-0.2, -0.15) is 0 Å². The summed E-state index contributed by atoms with van der Waals surface area (Å²) in [5.74, 6) is 0. The summed E-state index contributed by atoms with van der Waals surface area (Å²) in [5, 5.41) is 0.896. The second kappa shape index (κ2) is 7.18. The van der Waals surface area contributed by atoms with Crippen LogP contribution in [0.1, 0.15) is 6.42 Å². The summed E-state index contributed by atoms with van der Waals surface area (Å²) in [4.78, 5) is 0. The summed E-state index contributed by atoms with van der Waals surface area (Å²) in [6, 6.07) is 0. The number of ether oxygens (including phenoxy) is 1. The average Bonchev–Trinajstić information content (AvgIpc) is 1.61. The summed E-state index contributed by atoms with van der Waals surface area (Å²) in [5.41, 5.74) is 0. The second-order valence-corrected chi connectivity index (χ2v) is 2.06. The fraction of sp³-hybridized carbons (Fsp3) is 0.667. The summed E-state index contributed by atoms with van der Waals surface area (Å²) >= 11 is 3.13. The predicted octanol–water partition coefficient (Wildman–Crippen LogP) is 1.97. The van der Waals surface area contributed by atoms with Gasteiger partial charge >= 0.3 is 0 Å². The highest BCUT2D eigenvalue weighted by Crippen LogP contribution is 1.93. The molecule has 0 amide bonds. The van der Waals surface area contributed by atoms with E-state index in [1.54, 1.807) is 6.08 Å². The van der Waals surface area contributed by atoms with Crippen LogP contribution in [0.2, 0.25) is 0 Å². The second-order valence-electron chi connectivity index (χ2n) is 1.41. The highest BCUT2D eigenvalue weighted by Gasteiger charge is 1.94. The lowest BCUT2D eigenvalue weighted by molar-refractivity contribution is 0.0367. The van der Waals surface area contributed by atoms with E-state index >= 15 is 0 Å². The lowest BCUT2D eigenvalue weighted by atomic mass is 10.4. The number of hydrogen-bond donors (Lipinski definition) is 0. The highest BCUT2D eigenvalue weighted by atomic mass is 79.9. The normalized spacial score (nSPS) is 15.1. The number of rotatable bonds is 1. The topological polar surface area (TPSA) is 9.23 Å². The van der Waals surface area contributed by atoms with Gasteiger partial charge in [-0.25, -0.2) is 0 Å². The summed E-state index contributed by atoms with van der Waals surface area (Å²) in [6.07, 6.45) is 3.07. The Labute approximate surface area is 58.9 Å². The van der Waals surface area contributed by atoms with Crippen molar-refractivity contribution in [3.05, 3.63) is 12.7 Å². The maximum absolute atomic E-state index is 4.72. The van der Waals surface area contributed by atoms with Crippen molar-refractivity contribution < 1.29 is 4.74 Å². The van der Waals surface area contributed by atoms with E-state index < -0.39 is 0 Å². The lowest BCUT2D eigenvalue weighted by Crippen LogP contribution is -2.09. The third-order valence-electron chi connectivity index (χ3n) is 0.686. The zero-order valence-electron chi connectivity index (χ0n) is 4.90. The maximum Gasteiger partial charge on any atom is 0.0488 e. The Bertz CT molecular complexity index is 46.5. The Kier molecular flexibility index (Phi) is 7.34. The van der Waals surface area contributed by atoms with Crippen molar-refractivity contribution in [2.75, 3.05) is 18.5 Å². The molecule has 0 radical (unpaired) electrons. The van der Waals surface area contributed by atoms with Crippen LogP contribution in [0.25, 0.3) is 0 Å². The van der Waals surface area contributed by atoms with Crippen LogP contribution < -0.4 is 0 Å². The van der Waals surface area contributed by atoms with Crippen LogP contribution >= 0.6 is 15.9 Å². The highest BCUT2D eigenvalue weighted by molar-refractivity contribution is 9.09. The van der Waals surface area contributed by atoms with E-state index in [0.717, 1.165) is 18.5 Å². The van der Waals surface area contributed by atoms with Gasteiger partial charge in [-0.15, -0.1) is 6.58 Å². The van der Waals surface area contributed by atoms with Gasteiger partial charge in [-0.05, 0) is 6.42 Å². The Balaban J connectivity index is 0.000000122. The van der Waals surface area contributed by atoms with Crippen molar-refractivity contribution in [1.82, 2.24) is 0 Å². The first-order valence-corrected chi connectivity index (χ1v) is 3.78. The average molecular weight is 179 g/mol. The van der Waals surface area contributed by atoms with E-state index in [0.29, 0.717) is 0 Å². The standard InChI is InChI=1S/C3H5Br.C3H6O/c1-2-3-4;1-2-4-3-1/h2H,1,3H2;1-3H2. The molecule has 0 aromatic carbocycles. The molecule has 1 fully saturated rings. The molecule has 0 aliphatic carbocycles. The first kappa shape index (κ1) is 8.18. The quantitative estimate of drug-likeness (QED) is 0.441. The van der Waals surface area contributed by atoms with Crippen LogP contribution in [-0.2, 0) is 4.74 Å². The molecular formula is C6H11BrO. The number of halogens is 1. The third kappa shape index (κ3) is 6.18. The molecule has 0 aromatic heterocycles. The Morgan fingerprint density at radius 2 is 1.88 bits per heavy atom. The van der Waals surface area contributed by atoms with Crippen LogP contribution in [0.5, 0.6) is 0 Å². The van der Waals surface area contributed by atoms with Gasteiger partial charge in [0.1, 0.15) is 0 Å². The molecule has 8 heavy (non-hydrogen) atoms. The van der Waals surface area contributed by atoms with Crippen LogP contribution in [-0.4, -0.2) is 18.5 Å². The SMILES string of the molecule is C1COC1.C=CCBr. The van der Waals surface area contributed by atoms with E-state index in [1.165, 1.54) is 6.42 Å². The minimum Gasteiger partial charge on any atom is -0.381 e. The largest absolute Gasteiger partial charge is 0.381 e. The smallest absolute Gasteiger partial charge is 0.0488 e. The molecule has 2 heteroatoms. The molecule has 0 atom stereocenters. The van der Waals surface area contributed by atoms with Gasteiger partial charge in [0.25, 0.3) is 0 Å². The molecule has 0 unspecified atom stereocenters. The van der Waals surface area contributed by atoms with Crippen LogP contribution in [0.15, 0.2) is 12.7 Å². The van der Waals surface area contributed by atoms with Crippen molar-refractivity contribution in [1.29, 1.82) is 0 Å². The molecule has 0 aromatic rings. The molecule has 1 saturated heterocycles. The zero-order valence-corrected chi connectivity index (χ0v) is 6.49. The van der Waals surface area contributed by atoms with Crippen molar-refractivity contribution in [3.8, 4) is 0 Å². The minimum absolute atomic E-state index is 0.896. The van der Waals surface area contributed by atoms with Crippen molar-refractivity contribution in [2.24, 2.45) is 0 Å². The third-order valence-corrected chi connectivity index (χ3v) is 1.14. The number of hydrogen-bond acceptors (Lipinski definition) is 1. The summed E-state index contributed by atoms with van der Waals surface area (Å²) in [6.45, 7) is 5.43. The summed E-state index contributed by atoms with van der Waals surface area (Å²) < 4.78 is 4.72. The molecule has 0 N–H and O–H groups in total. The van der Waals surface area contributed by atoms with Gasteiger partial charge in [0.15, 0.2) is 0 Å². The minimum atomic E-state index is 0.896. The van der Waals surface area contributed by atoms with Gasteiger partial charge in [-0.1, -0.05) is 22.0 Å². The van der Waals surface area contributed by atoms with Crippen molar-refractivity contribution in [2.45, 2.75) is 6.42 Å². The number of allylic oxidation sites excluding steroid dienone is 1. The van der Waals surface area contributed by atoms with Crippen LogP contribution in [0.3, 0.4) is 0 Å². The molecule has 1 heterocycles. The van der Waals surface area contributed by atoms with Crippen molar-refractivity contribution >= 4 is 15.9 Å². The van der Waals surface area contributed by atoms with Crippen LogP contribution in [0.4, 0.5) is 0 Å². The van der Waals surface area contributed by atoms with Crippen LogP contribution in [0, 0.1) is 0 Å². The lowest BCUT2D eigenvalue weighted by Gasteiger charge is -2.09. The first-order valence-electron chi connectivity index (χ1n) is 2.66. The van der Waals surface area contributed by atoms with Gasteiger partial charge in [0, 0.05) is 18.5 Å². The summed E-state index contributed by atoms with van der Waals surface area (Å²) in [7, 11) is 0. The molecule has 48 valence electrons. The Hall–Kier alpha value is 0.180. The molecule has 0 saturated carbocycles.